The molecule has 0 N–H and O–H groups in total. The number of para-hydroxylation sites is 1. The summed E-state index contributed by atoms with van der Waals surface area (Å²) < 4.78 is 0. The minimum atomic E-state index is -0.258. The van der Waals surface area contributed by atoms with E-state index in [4.69, 9.17) is 11.6 Å². The van der Waals surface area contributed by atoms with Gasteiger partial charge in [0.1, 0.15) is 5.88 Å². The zero-order valence-electron chi connectivity index (χ0n) is 14.4. The molecule has 3 nitrogen and oxygen atoms in total. The van der Waals surface area contributed by atoms with Gasteiger partial charge >= 0.3 is 0 Å². The number of amides is 1. The Balaban J connectivity index is 1.92. The molecule has 0 spiro atoms. The fourth-order valence-corrected chi connectivity index (χ4v) is 2.96. The first-order valence-corrected chi connectivity index (χ1v) is 8.77. The summed E-state index contributed by atoms with van der Waals surface area (Å²) >= 11 is 5.65. The van der Waals surface area contributed by atoms with Crippen molar-refractivity contribution < 1.29 is 9.59 Å². The maximum atomic E-state index is 13.0. The molecule has 26 heavy (non-hydrogen) atoms. The lowest BCUT2D eigenvalue weighted by molar-refractivity contribution is -0.116. The molecule has 1 amide bonds. The van der Waals surface area contributed by atoms with Gasteiger partial charge in [0.05, 0.1) is 5.69 Å². The summed E-state index contributed by atoms with van der Waals surface area (Å²) in [5, 5.41) is 0. The van der Waals surface area contributed by atoms with Crippen molar-refractivity contribution in [1.29, 1.82) is 0 Å². The molecule has 0 bridgehead atoms. The van der Waals surface area contributed by atoms with Crippen LogP contribution in [0.3, 0.4) is 0 Å². The van der Waals surface area contributed by atoms with E-state index in [2.05, 4.69) is 0 Å². The lowest BCUT2D eigenvalue weighted by Gasteiger charge is -2.19. The van der Waals surface area contributed by atoms with Crippen molar-refractivity contribution in [3.05, 3.63) is 90.0 Å². The number of hydrogen-bond acceptors (Lipinski definition) is 2. The Labute approximate surface area is 157 Å². The quantitative estimate of drug-likeness (QED) is 0.483. The molecule has 4 heteroatoms. The molecule has 0 fully saturated rings. The normalized spacial score (nSPS) is 10.4. The molecule has 0 aliphatic carbocycles. The Kier molecular flexibility index (Phi) is 5.49. The topological polar surface area (TPSA) is 37.4 Å². The first-order chi connectivity index (χ1) is 12.6. The van der Waals surface area contributed by atoms with Crippen molar-refractivity contribution in [1.82, 2.24) is 0 Å². The SMILES string of the molecule is CN(C(=O)CCl)c1ccccc1C(=O)c1ccc(-c2ccccc2)cc1. The van der Waals surface area contributed by atoms with Crippen LogP contribution in [0.5, 0.6) is 0 Å². The third-order valence-electron chi connectivity index (χ3n) is 4.25. The van der Waals surface area contributed by atoms with Crippen LogP contribution in [0.15, 0.2) is 78.9 Å². The third kappa shape index (κ3) is 3.68. The highest BCUT2D eigenvalue weighted by Gasteiger charge is 2.18. The van der Waals surface area contributed by atoms with E-state index in [1.54, 1.807) is 31.3 Å². The van der Waals surface area contributed by atoms with Gasteiger partial charge in [0, 0.05) is 18.2 Å². The summed E-state index contributed by atoms with van der Waals surface area (Å²) in [4.78, 5) is 26.3. The van der Waals surface area contributed by atoms with Crippen molar-refractivity contribution >= 4 is 29.0 Å². The Morgan fingerprint density at radius 1 is 0.808 bits per heavy atom. The van der Waals surface area contributed by atoms with Gasteiger partial charge < -0.3 is 4.90 Å². The summed E-state index contributed by atoms with van der Waals surface area (Å²) in [6.45, 7) is 0. The number of carbonyl (C=O) groups is 2. The Bertz CT molecular complexity index is 920. The lowest BCUT2D eigenvalue weighted by Crippen LogP contribution is -2.28. The predicted molar refractivity (Wildman–Crippen MR) is 106 cm³/mol. The summed E-state index contributed by atoms with van der Waals surface area (Å²) in [7, 11) is 1.62. The van der Waals surface area contributed by atoms with Crippen molar-refractivity contribution in [2.75, 3.05) is 17.8 Å². The summed E-state index contributed by atoms with van der Waals surface area (Å²) in [5.74, 6) is -0.522. The predicted octanol–water partition coefficient (Wildman–Crippen LogP) is 4.79. The van der Waals surface area contributed by atoms with Gasteiger partial charge in [-0.25, -0.2) is 0 Å². The Hall–Kier alpha value is -2.91. The van der Waals surface area contributed by atoms with Crippen LogP contribution in [0.25, 0.3) is 11.1 Å². The molecule has 0 aliphatic rings. The molecule has 0 radical (unpaired) electrons. The van der Waals surface area contributed by atoms with Crippen molar-refractivity contribution in [2.45, 2.75) is 0 Å². The average Bonchev–Trinajstić information content (AvgIpc) is 2.73. The molecular formula is C22H18ClNO2. The van der Waals surface area contributed by atoms with Crippen molar-refractivity contribution in [3.63, 3.8) is 0 Å². The van der Waals surface area contributed by atoms with E-state index in [1.807, 2.05) is 54.6 Å². The smallest absolute Gasteiger partial charge is 0.241 e. The summed E-state index contributed by atoms with van der Waals surface area (Å²) in [6.07, 6.45) is 0. The van der Waals surface area contributed by atoms with Crippen molar-refractivity contribution in [2.24, 2.45) is 0 Å². The van der Waals surface area contributed by atoms with Gasteiger partial charge in [-0.15, -0.1) is 11.6 Å². The zero-order chi connectivity index (χ0) is 18.5. The number of hydrogen-bond donors (Lipinski definition) is 0. The molecule has 0 unspecified atom stereocenters. The van der Waals surface area contributed by atoms with Gasteiger partial charge in [0.25, 0.3) is 0 Å². The van der Waals surface area contributed by atoms with E-state index in [9.17, 15) is 9.59 Å². The van der Waals surface area contributed by atoms with E-state index in [1.165, 1.54) is 4.90 Å². The van der Waals surface area contributed by atoms with Crippen LogP contribution < -0.4 is 4.90 Å². The van der Waals surface area contributed by atoms with Crippen LogP contribution in [0.2, 0.25) is 0 Å². The number of nitrogens with zero attached hydrogens (tertiary/aromatic N) is 1. The molecule has 0 aliphatic heterocycles. The van der Waals surface area contributed by atoms with Crippen LogP contribution in [-0.2, 0) is 4.79 Å². The zero-order valence-corrected chi connectivity index (χ0v) is 15.1. The molecule has 0 atom stereocenters. The van der Waals surface area contributed by atoms with Gasteiger partial charge in [-0.1, -0.05) is 66.7 Å². The summed E-state index contributed by atoms with van der Waals surface area (Å²) in [5.41, 5.74) is 3.74. The van der Waals surface area contributed by atoms with Crippen LogP contribution in [0, 0.1) is 0 Å². The molecule has 130 valence electrons. The Morgan fingerprint density at radius 2 is 1.38 bits per heavy atom. The molecule has 0 saturated heterocycles. The van der Waals surface area contributed by atoms with Gasteiger partial charge in [-0.3, -0.25) is 9.59 Å². The molecule has 3 rings (SSSR count). The Morgan fingerprint density at radius 3 is 2.04 bits per heavy atom. The van der Waals surface area contributed by atoms with Gasteiger partial charge in [0.15, 0.2) is 5.78 Å². The van der Waals surface area contributed by atoms with E-state index < -0.39 is 0 Å². The monoisotopic (exact) mass is 363 g/mol. The summed E-state index contributed by atoms with van der Waals surface area (Å²) in [6, 6.07) is 24.5. The van der Waals surface area contributed by atoms with Crippen LogP contribution in [0.1, 0.15) is 15.9 Å². The minimum Gasteiger partial charge on any atom is -0.314 e. The maximum absolute atomic E-state index is 13.0. The number of anilines is 1. The molecular weight excluding hydrogens is 346 g/mol. The fraction of sp³-hybridized carbons (Fsp3) is 0.0909. The first kappa shape index (κ1) is 17.9. The first-order valence-electron chi connectivity index (χ1n) is 8.23. The highest BCUT2D eigenvalue weighted by Crippen LogP contribution is 2.25. The largest absolute Gasteiger partial charge is 0.314 e. The third-order valence-corrected chi connectivity index (χ3v) is 4.48. The number of halogens is 1. The van der Waals surface area contributed by atoms with Gasteiger partial charge in [0.2, 0.25) is 5.91 Å². The van der Waals surface area contributed by atoms with Gasteiger partial charge in [-0.2, -0.15) is 0 Å². The number of rotatable bonds is 5. The minimum absolute atomic E-state index is 0.130. The van der Waals surface area contributed by atoms with Crippen LogP contribution in [0.4, 0.5) is 5.69 Å². The molecule has 3 aromatic carbocycles. The molecule has 0 aromatic heterocycles. The second-order valence-electron chi connectivity index (χ2n) is 5.88. The number of benzene rings is 3. The highest BCUT2D eigenvalue weighted by atomic mass is 35.5. The molecule has 0 heterocycles. The van der Waals surface area contributed by atoms with E-state index in [0.29, 0.717) is 16.8 Å². The van der Waals surface area contributed by atoms with Gasteiger partial charge in [-0.05, 0) is 23.3 Å². The highest BCUT2D eigenvalue weighted by molar-refractivity contribution is 6.29. The van der Waals surface area contributed by atoms with Crippen LogP contribution in [-0.4, -0.2) is 24.6 Å². The standard InChI is InChI=1S/C22H18ClNO2/c1-24(21(25)15-23)20-10-6-5-9-19(20)22(26)18-13-11-17(12-14-18)16-7-3-2-4-8-16/h2-14H,15H2,1H3. The van der Waals surface area contributed by atoms with E-state index >= 15 is 0 Å². The maximum Gasteiger partial charge on any atom is 0.241 e. The fourth-order valence-electron chi connectivity index (χ4n) is 2.78. The van der Waals surface area contributed by atoms with E-state index in [-0.39, 0.29) is 17.6 Å². The molecule has 3 aromatic rings. The number of ketones is 1. The second-order valence-corrected chi connectivity index (χ2v) is 6.14. The number of carbonyl (C=O) groups excluding carboxylic acids is 2. The molecule has 0 saturated carbocycles. The number of alkyl halides is 1. The lowest BCUT2D eigenvalue weighted by atomic mass is 9.98. The average molecular weight is 364 g/mol. The van der Waals surface area contributed by atoms with E-state index in [0.717, 1.165) is 11.1 Å². The van der Waals surface area contributed by atoms with Crippen LogP contribution >= 0.6 is 11.6 Å². The second kappa shape index (κ2) is 7.98. The van der Waals surface area contributed by atoms with Crippen molar-refractivity contribution in [3.8, 4) is 11.1 Å².